The summed E-state index contributed by atoms with van der Waals surface area (Å²) in [5.41, 5.74) is 1.54. The highest BCUT2D eigenvalue weighted by Gasteiger charge is 2.14. The lowest BCUT2D eigenvalue weighted by Gasteiger charge is -2.17. The lowest BCUT2D eigenvalue weighted by atomic mass is 10.1. The van der Waals surface area contributed by atoms with Crippen molar-refractivity contribution in [3.63, 3.8) is 0 Å². The molecule has 1 amide bonds. The molecular weight excluding hydrogens is 382 g/mol. The first-order valence-corrected chi connectivity index (χ1v) is 10.5. The molecular formula is C24H25NO3S. The van der Waals surface area contributed by atoms with E-state index in [2.05, 4.69) is 17.4 Å². The fourth-order valence-corrected chi connectivity index (χ4v) is 3.67. The molecule has 0 heterocycles. The Hall–Kier alpha value is -2.92. The van der Waals surface area contributed by atoms with E-state index in [1.807, 2.05) is 61.5 Å². The van der Waals surface area contributed by atoms with Crippen molar-refractivity contribution in [1.82, 2.24) is 5.32 Å². The van der Waals surface area contributed by atoms with E-state index < -0.39 is 0 Å². The maximum atomic E-state index is 12.6. The largest absolute Gasteiger partial charge is 0.496 e. The van der Waals surface area contributed by atoms with Gasteiger partial charge in [0.1, 0.15) is 11.5 Å². The van der Waals surface area contributed by atoms with Gasteiger partial charge in [-0.15, -0.1) is 11.8 Å². The van der Waals surface area contributed by atoms with Gasteiger partial charge in [-0.1, -0.05) is 36.4 Å². The van der Waals surface area contributed by atoms with Crippen molar-refractivity contribution in [2.45, 2.75) is 17.9 Å². The lowest BCUT2D eigenvalue weighted by Crippen LogP contribution is -2.26. The third-order valence-corrected chi connectivity index (χ3v) is 5.41. The third kappa shape index (κ3) is 6.03. The van der Waals surface area contributed by atoms with Gasteiger partial charge in [0.2, 0.25) is 0 Å². The summed E-state index contributed by atoms with van der Waals surface area (Å²) in [7, 11) is 1.63. The van der Waals surface area contributed by atoms with Gasteiger partial charge in [0.25, 0.3) is 5.91 Å². The van der Waals surface area contributed by atoms with E-state index in [4.69, 9.17) is 9.47 Å². The summed E-state index contributed by atoms with van der Waals surface area (Å²) in [6.07, 6.45) is 0. The first kappa shape index (κ1) is 20.8. The standard InChI is InChI=1S/C24H25NO3S/c1-18(22-10-6-7-11-23(22)27-2)25-24(26)19-12-14-20(15-13-19)28-16-17-29-21-8-4-3-5-9-21/h3-15,18H,16-17H2,1-2H3,(H,25,26)/t18-/m0/s1. The van der Waals surface area contributed by atoms with Gasteiger partial charge in [-0.3, -0.25) is 4.79 Å². The Morgan fingerprint density at radius 1 is 0.966 bits per heavy atom. The van der Waals surface area contributed by atoms with Crippen LogP contribution in [0.25, 0.3) is 0 Å². The molecule has 150 valence electrons. The van der Waals surface area contributed by atoms with E-state index in [0.29, 0.717) is 12.2 Å². The summed E-state index contributed by atoms with van der Waals surface area (Å²) < 4.78 is 11.1. The quantitative estimate of drug-likeness (QED) is 0.383. The molecule has 4 nitrogen and oxygen atoms in total. The van der Waals surface area contributed by atoms with Gasteiger partial charge in [-0.25, -0.2) is 0 Å². The maximum Gasteiger partial charge on any atom is 0.251 e. The summed E-state index contributed by atoms with van der Waals surface area (Å²) >= 11 is 1.76. The number of rotatable bonds is 9. The van der Waals surface area contributed by atoms with Crippen LogP contribution in [0.2, 0.25) is 0 Å². The van der Waals surface area contributed by atoms with Crippen LogP contribution < -0.4 is 14.8 Å². The first-order valence-electron chi connectivity index (χ1n) is 9.52. The number of thioether (sulfide) groups is 1. The van der Waals surface area contributed by atoms with Crippen LogP contribution in [0.5, 0.6) is 11.5 Å². The molecule has 29 heavy (non-hydrogen) atoms. The van der Waals surface area contributed by atoms with Crippen molar-refractivity contribution in [3.05, 3.63) is 90.0 Å². The SMILES string of the molecule is COc1ccccc1[C@H](C)NC(=O)c1ccc(OCCSc2ccccc2)cc1. The van der Waals surface area contributed by atoms with Crippen molar-refractivity contribution < 1.29 is 14.3 Å². The summed E-state index contributed by atoms with van der Waals surface area (Å²) in [5, 5.41) is 3.01. The van der Waals surface area contributed by atoms with Crippen LogP contribution in [0, 0.1) is 0 Å². The smallest absolute Gasteiger partial charge is 0.251 e. The lowest BCUT2D eigenvalue weighted by molar-refractivity contribution is 0.0939. The Morgan fingerprint density at radius 2 is 1.66 bits per heavy atom. The summed E-state index contributed by atoms with van der Waals surface area (Å²) in [6, 6.07) is 25.0. The number of ether oxygens (including phenoxy) is 2. The fraction of sp³-hybridized carbons (Fsp3) is 0.208. The minimum absolute atomic E-state index is 0.130. The van der Waals surface area contributed by atoms with Crippen LogP contribution >= 0.6 is 11.8 Å². The Labute approximate surface area is 176 Å². The predicted molar refractivity (Wildman–Crippen MR) is 118 cm³/mol. The molecule has 0 saturated heterocycles. The number of carbonyl (C=O) groups is 1. The molecule has 0 aliphatic heterocycles. The molecule has 3 rings (SSSR count). The molecule has 3 aromatic rings. The van der Waals surface area contributed by atoms with Crippen molar-refractivity contribution in [2.24, 2.45) is 0 Å². The molecule has 1 atom stereocenters. The third-order valence-electron chi connectivity index (χ3n) is 4.43. The molecule has 0 saturated carbocycles. The highest BCUT2D eigenvalue weighted by molar-refractivity contribution is 7.99. The van der Waals surface area contributed by atoms with Crippen LogP contribution in [0.4, 0.5) is 0 Å². The van der Waals surface area contributed by atoms with Gasteiger partial charge in [0.15, 0.2) is 0 Å². The number of methoxy groups -OCH3 is 1. The van der Waals surface area contributed by atoms with E-state index in [-0.39, 0.29) is 11.9 Å². The van der Waals surface area contributed by atoms with Crippen molar-refractivity contribution >= 4 is 17.7 Å². The maximum absolute atomic E-state index is 12.6. The summed E-state index contributed by atoms with van der Waals surface area (Å²) in [4.78, 5) is 13.8. The average Bonchev–Trinajstić information content (AvgIpc) is 2.77. The van der Waals surface area contributed by atoms with Gasteiger partial charge in [-0.2, -0.15) is 0 Å². The Kier molecular flexibility index (Phi) is 7.59. The number of carbonyl (C=O) groups excluding carboxylic acids is 1. The highest BCUT2D eigenvalue weighted by Crippen LogP contribution is 2.25. The minimum Gasteiger partial charge on any atom is -0.496 e. The number of benzene rings is 3. The van der Waals surface area contributed by atoms with Crippen LogP contribution in [-0.2, 0) is 0 Å². The highest BCUT2D eigenvalue weighted by atomic mass is 32.2. The molecule has 0 unspecified atom stereocenters. The minimum atomic E-state index is -0.162. The molecule has 0 aliphatic rings. The molecule has 0 fully saturated rings. The molecule has 0 aliphatic carbocycles. The normalized spacial score (nSPS) is 11.5. The van der Waals surface area contributed by atoms with E-state index in [9.17, 15) is 4.79 Å². The number of amides is 1. The van der Waals surface area contributed by atoms with Crippen molar-refractivity contribution in [3.8, 4) is 11.5 Å². The van der Waals surface area contributed by atoms with Crippen LogP contribution in [0.3, 0.4) is 0 Å². The topological polar surface area (TPSA) is 47.6 Å². The van der Waals surface area contributed by atoms with E-state index in [1.165, 1.54) is 4.90 Å². The molecule has 0 radical (unpaired) electrons. The second kappa shape index (κ2) is 10.6. The van der Waals surface area contributed by atoms with Crippen LogP contribution in [0.1, 0.15) is 28.9 Å². The fourth-order valence-electron chi connectivity index (χ4n) is 2.92. The Morgan fingerprint density at radius 3 is 2.38 bits per heavy atom. The molecule has 3 aromatic carbocycles. The first-order chi connectivity index (χ1) is 14.2. The van der Waals surface area contributed by atoms with Gasteiger partial charge >= 0.3 is 0 Å². The molecule has 0 spiro atoms. The van der Waals surface area contributed by atoms with Gasteiger partial charge < -0.3 is 14.8 Å². The second-order valence-corrected chi connectivity index (χ2v) is 7.64. The second-order valence-electron chi connectivity index (χ2n) is 6.47. The number of para-hydroxylation sites is 1. The average molecular weight is 408 g/mol. The molecule has 5 heteroatoms. The zero-order valence-corrected chi connectivity index (χ0v) is 17.4. The zero-order valence-electron chi connectivity index (χ0n) is 16.6. The predicted octanol–water partition coefficient (Wildman–Crippen LogP) is 5.36. The van der Waals surface area contributed by atoms with Crippen LogP contribution in [0.15, 0.2) is 83.8 Å². The monoisotopic (exact) mass is 407 g/mol. The number of hydrogen-bond acceptors (Lipinski definition) is 4. The van der Waals surface area contributed by atoms with Gasteiger partial charge in [-0.05, 0) is 49.4 Å². The molecule has 0 aromatic heterocycles. The Balaban J connectivity index is 1.49. The summed E-state index contributed by atoms with van der Waals surface area (Å²) in [5.74, 6) is 2.25. The van der Waals surface area contributed by atoms with E-state index >= 15 is 0 Å². The summed E-state index contributed by atoms with van der Waals surface area (Å²) in [6.45, 7) is 2.55. The zero-order chi connectivity index (χ0) is 20.5. The van der Waals surface area contributed by atoms with Crippen LogP contribution in [-0.4, -0.2) is 25.4 Å². The van der Waals surface area contributed by atoms with Crippen molar-refractivity contribution in [2.75, 3.05) is 19.5 Å². The van der Waals surface area contributed by atoms with Gasteiger partial charge in [0.05, 0.1) is 19.8 Å². The van der Waals surface area contributed by atoms with Gasteiger partial charge in [0, 0.05) is 21.8 Å². The number of hydrogen-bond donors (Lipinski definition) is 1. The van der Waals surface area contributed by atoms with Crippen molar-refractivity contribution in [1.29, 1.82) is 0 Å². The van der Waals surface area contributed by atoms with E-state index in [1.54, 1.807) is 31.0 Å². The molecule has 0 bridgehead atoms. The number of nitrogens with one attached hydrogen (secondary N) is 1. The molecule has 1 N–H and O–H groups in total. The Bertz CT molecular complexity index is 913. The van der Waals surface area contributed by atoms with E-state index in [0.717, 1.165) is 22.8 Å².